The first-order chi connectivity index (χ1) is 5.43. The number of aliphatic hydroxyl groups is 1. The second-order valence-electron chi connectivity index (χ2n) is 2.63. The minimum Gasteiger partial charge on any atom is -1.00 e. The quantitative estimate of drug-likeness (QED) is 0.390. The summed E-state index contributed by atoms with van der Waals surface area (Å²) in [4.78, 5) is 2.98. The number of aromatic amines is 1. The van der Waals surface area contributed by atoms with Gasteiger partial charge in [0.05, 0.1) is 6.54 Å². The fourth-order valence-corrected chi connectivity index (χ4v) is 1.04. The maximum atomic E-state index is 8.51. The van der Waals surface area contributed by atoms with Gasteiger partial charge in [0.25, 0.3) is 0 Å². The highest BCUT2D eigenvalue weighted by Crippen LogP contribution is 1.92. The molecule has 1 heterocycles. The standard InChI is InChI=1S/C8H14N2O.ClH/c11-7-3-1-2-5-10-6-4-9-8-10;/h4,6,8,11H,1-3,5,7H2;1H. The molecule has 0 fully saturated rings. The lowest BCUT2D eigenvalue weighted by Gasteiger charge is -1.94. The zero-order chi connectivity index (χ0) is 7.94. The number of imidazole rings is 1. The number of nitrogens with one attached hydrogen (secondary N) is 1. The van der Waals surface area contributed by atoms with Gasteiger partial charge in [-0.1, -0.05) is 0 Å². The summed E-state index contributed by atoms with van der Waals surface area (Å²) in [5, 5.41) is 8.51. The molecule has 0 radical (unpaired) electrons. The molecule has 4 heteroatoms. The molecule has 0 aliphatic rings. The van der Waals surface area contributed by atoms with Crippen molar-refractivity contribution in [2.45, 2.75) is 25.8 Å². The molecule has 1 aromatic heterocycles. The van der Waals surface area contributed by atoms with Crippen LogP contribution in [0.4, 0.5) is 0 Å². The number of unbranched alkanes of at least 4 members (excludes halogenated alkanes) is 2. The van der Waals surface area contributed by atoms with E-state index in [0.29, 0.717) is 6.61 Å². The van der Waals surface area contributed by atoms with Gasteiger partial charge in [0.15, 0.2) is 0 Å². The predicted octanol–water partition coefficient (Wildman–Crippen LogP) is -2.53. The number of hydrogen-bond donors (Lipinski definition) is 2. The van der Waals surface area contributed by atoms with Gasteiger partial charge >= 0.3 is 0 Å². The highest BCUT2D eigenvalue weighted by molar-refractivity contribution is 4.55. The fourth-order valence-electron chi connectivity index (χ4n) is 1.04. The average molecular weight is 191 g/mol. The molecule has 70 valence electrons. The number of nitrogens with zero attached hydrogens (tertiary/aromatic N) is 1. The molecule has 0 saturated carbocycles. The van der Waals surface area contributed by atoms with Crippen LogP contribution in [0.3, 0.4) is 0 Å². The number of halogens is 1. The molecule has 3 nitrogen and oxygen atoms in total. The molecule has 0 aliphatic heterocycles. The smallest absolute Gasteiger partial charge is 0.241 e. The Morgan fingerprint density at radius 2 is 2.08 bits per heavy atom. The second-order valence-corrected chi connectivity index (χ2v) is 2.63. The van der Waals surface area contributed by atoms with Gasteiger partial charge in [0.2, 0.25) is 6.33 Å². The topological polar surface area (TPSA) is 39.9 Å². The first-order valence-corrected chi connectivity index (χ1v) is 4.06. The Morgan fingerprint density at radius 3 is 2.67 bits per heavy atom. The maximum absolute atomic E-state index is 8.51. The fraction of sp³-hybridized carbons (Fsp3) is 0.625. The molecule has 12 heavy (non-hydrogen) atoms. The summed E-state index contributed by atoms with van der Waals surface area (Å²) in [6, 6.07) is 0. The van der Waals surface area contributed by atoms with E-state index in [9.17, 15) is 0 Å². The van der Waals surface area contributed by atoms with E-state index in [-0.39, 0.29) is 12.4 Å². The van der Waals surface area contributed by atoms with Crippen molar-refractivity contribution < 1.29 is 22.1 Å². The molecular formula is C8H15ClN2O. The molecule has 0 saturated heterocycles. The minimum absolute atomic E-state index is 0. The SMILES string of the molecule is OCCCCC[n+]1cc[nH]c1.[Cl-]. The Bertz CT molecular complexity index is 177. The Labute approximate surface area is 78.8 Å². The molecule has 1 aromatic rings. The van der Waals surface area contributed by atoms with Crippen LogP contribution >= 0.6 is 0 Å². The molecule has 0 unspecified atom stereocenters. The number of aliphatic hydroxyl groups excluding tert-OH is 1. The average Bonchev–Trinajstić information content (AvgIpc) is 2.50. The first-order valence-electron chi connectivity index (χ1n) is 4.06. The molecule has 0 aliphatic carbocycles. The van der Waals surface area contributed by atoms with Gasteiger partial charge in [0, 0.05) is 6.61 Å². The minimum atomic E-state index is 0. The third kappa shape index (κ3) is 4.36. The van der Waals surface area contributed by atoms with Gasteiger partial charge in [-0.15, -0.1) is 0 Å². The summed E-state index contributed by atoms with van der Waals surface area (Å²) < 4.78 is 2.11. The third-order valence-electron chi connectivity index (χ3n) is 1.68. The molecule has 0 spiro atoms. The number of H-pyrrole nitrogens is 1. The highest BCUT2D eigenvalue weighted by atomic mass is 35.5. The van der Waals surface area contributed by atoms with Crippen LogP contribution in [0.5, 0.6) is 0 Å². The number of hydrogen-bond acceptors (Lipinski definition) is 1. The van der Waals surface area contributed by atoms with Gasteiger partial charge in [-0.25, -0.2) is 4.57 Å². The predicted molar refractivity (Wildman–Crippen MR) is 41.9 cm³/mol. The summed E-state index contributed by atoms with van der Waals surface area (Å²) in [5.41, 5.74) is 0. The van der Waals surface area contributed by atoms with Crippen molar-refractivity contribution in [3.63, 3.8) is 0 Å². The van der Waals surface area contributed by atoms with Crippen molar-refractivity contribution in [1.82, 2.24) is 4.98 Å². The van der Waals surface area contributed by atoms with Gasteiger partial charge in [-0.05, 0) is 19.3 Å². The molecule has 1 rings (SSSR count). The van der Waals surface area contributed by atoms with Crippen LogP contribution in [0.25, 0.3) is 0 Å². The van der Waals surface area contributed by atoms with Gasteiger partial charge in [-0.2, -0.15) is 0 Å². The molecule has 0 aromatic carbocycles. The van der Waals surface area contributed by atoms with Crippen LogP contribution in [0.2, 0.25) is 0 Å². The van der Waals surface area contributed by atoms with E-state index in [1.165, 1.54) is 0 Å². The molecule has 0 bridgehead atoms. The van der Waals surface area contributed by atoms with Crippen molar-refractivity contribution in [2.75, 3.05) is 6.61 Å². The van der Waals surface area contributed by atoms with E-state index >= 15 is 0 Å². The van der Waals surface area contributed by atoms with Gasteiger partial charge in [-0.3, -0.25) is 4.98 Å². The van der Waals surface area contributed by atoms with Crippen LogP contribution in [-0.2, 0) is 6.54 Å². The first kappa shape index (κ1) is 11.5. The summed E-state index contributed by atoms with van der Waals surface area (Å²) >= 11 is 0. The number of aromatic nitrogens is 2. The van der Waals surface area contributed by atoms with E-state index in [1.54, 1.807) is 0 Å². The lowest BCUT2D eigenvalue weighted by molar-refractivity contribution is -0.696. The van der Waals surface area contributed by atoms with Crippen LogP contribution in [0.15, 0.2) is 18.7 Å². The highest BCUT2D eigenvalue weighted by Gasteiger charge is 1.94. The summed E-state index contributed by atoms with van der Waals surface area (Å²) in [7, 11) is 0. The van der Waals surface area contributed by atoms with E-state index in [4.69, 9.17) is 5.11 Å². The Morgan fingerprint density at radius 1 is 1.25 bits per heavy atom. The third-order valence-corrected chi connectivity index (χ3v) is 1.68. The van der Waals surface area contributed by atoms with E-state index in [2.05, 4.69) is 9.55 Å². The van der Waals surface area contributed by atoms with Crippen molar-refractivity contribution in [3.05, 3.63) is 18.7 Å². The van der Waals surface area contributed by atoms with Crippen LogP contribution < -0.4 is 17.0 Å². The molecule has 0 atom stereocenters. The second kappa shape index (κ2) is 7.13. The normalized spacial score (nSPS) is 9.42. The monoisotopic (exact) mass is 190 g/mol. The van der Waals surface area contributed by atoms with Crippen LogP contribution in [0, 0.1) is 0 Å². The van der Waals surface area contributed by atoms with E-state index < -0.39 is 0 Å². The zero-order valence-corrected chi connectivity index (χ0v) is 7.80. The molecular weight excluding hydrogens is 176 g/mol. The summed E-state index contributed by atoms with van der Waals surface area (Å²) in [6.45, 7) is 1.36. The van der Waals surface area contributed by atoms with Crippen LogP contribution in [0.1, 0.15) is 19.3 Å². The van der Waals surface area contributed by atoms with Crippen LogP contribution in [-0.4, -0.2) is 16.7 Å². The van der Waals surface area contributed by atoms with Gasteiger partial charge < -0.3 is 17.5 Å². The molecule has 0 amide bonds. The van der Waals surface area contributed by atoms with Crippen molar-refractivity contribution in [1.29, 1.82) is 0 Å². The number of rotatable bonds is 5. The summed E-state index contributed by atoms with van der Waals surface area (Å²) in [5.74, 6) is 0. The summed E-state index contributed by atoms with van der Waals surface area (Å²) in [6.07, 6.45) is 9.03. The molecule has 2 N–H and O–H groups in total. The van der Waals surface area contributed by atoms with E-state index in [0.717, 1.165) is 25.8 Å². The van der Waals surface area contributed by atoms with Gasteiger partial charge in [0.1, 0.15) is 12.4 Å². The lowest BCUT2D eigenvalue weighted by Crippen LogP contribution is -3.00. The largest absolute Gasteiger partial charge is 1.00 e. The van der Waals surface area contributed by atoms with Crippen molar-refractivity contribution in [3.8, 4) is 0 Å². The van der Waals surface area contributed by atoms with Crippen molar-refractivity contribution >= 4 is 0 Å². The number of aryl methyl sites for hydroxylation is 1. The van der Waals surface area contributed by atoms with Crippen molar-refractivity contribution in [2.24, 2.45) is 0 Å². The lowest BCUT2D eigenvalue weighted by atomic mass is 10.2. The van der Waals surface area contributed by atoms with E-state index in [1.807, 2.05) is 18.7 Å². The Hall–Kier alpha value is -0.540. The Kier molecular flexibility index (Phi) is 6.81. The Balaban J connectivity index is 0.00000121. The maximum Gasteiger partial charge on any atom is 0.241 e. The zero-order valence-electron chi connectivity index (χ0n) is 7.04.